The lowest BCUT2D eigenvalue weighted by Crippen LogP contribution is -2.66. The molecule has 0 aliphatic rings. The van der Waals surface area contributed by atoms with Gasteiger partial charge in [0.05, 0.1) is 19.9 Å². The molecule has 1 atom stereocenters. The summed E-state index contributed by atoms with van der Waals surface area (Å²) in [5, 5.41) is 10.8. The highest BCUT2D eigenvalue weighted by molar-refractivity contribution is 6.99. The Hall–Kier alpha value is -4.41. The van der Waals surface area contributed by atoms with Crippen molar-refractivity contribution in [3.8, 4) is 5.88 Å². The number of benzene rings is 2. The summed E-state index contributed by atoms with van der Waals surface area (Å²) in [4.78, 5) is 24.8. The van der Waals surface area contributed by atoms with Crippen LogP contribution in [-0.4, -0.2) is 59.1 Å². The molecule has 0 amide bonds. The maximum atomic E-state index is 11.4. The van der Waals surface area contributed by atoms with Gasteiger partial charge in [0.1, 0.15) is 17.4 Å². The average Bonchev–Trinajstić information content (AvgIpc) is 3.47. The number of anilines is 1. The number of rotatable bonds is 14. The molecule has 3 aromatic heterocycles. The number of fused-ring (bicyclic) bond motifs is 1. The zero-order chi connectivity index (χ0) is 31.9. The smallest absolute Gasteiger partial charge is 0.261 e. The summed E-state index contributed by atoms with van der Waals surface area (Å²) < 4.78 is 14.5. The molecule has 0 spiro atoms. The number of hydrogen-bond acceptors (Lipinski definition) is 8. The van der Waals surface area contributed by atoms with Gasteiger partial charge in [-0.2, -0.15) is 5.10 Å². The van der Waals surface area contributed by atoms with Gasteiger partial charge in [-0.1, -0.05) is 94.8 Å². The van der Waals surface area contributed by atoms with E-state index in [4.69, 9.17) is 9.16 Å². The van der Waals surface area contributed by atoms with Crippen molar-refractivity contribution in [2.75, 3.05) is 19.0 Å². The molecule has 234 valence electrons. The third kappa shape index (κ3) is 6.82. The summed E-state index contributed by atoms with van der Waals surface area (Å²) in [6.07, 6.45) is 8.32. The highest BCUT2D eigenvalue weighted by Gasteiger charge is 2.50. The van der Waals surface area contributed by atoms with Crippen LogP contribution in [0, 0.1) is 0 Å². The highest BCUT2D eigenvalue weighted by Crippen LogP contribution is 2.37. The van der Waals surface area contributed by atoms with E-state index in [-0.39, 0.29) is 11.1 Å². The summed E-state index contributed by atoms with van der Waals surface area (Å²) >= 11 is 0. The maximum absolute atomic E-state index is 11.4. The first-order valence-electron chi connectivity index (χ1n) is 15.5. The molecule has 10 heteroatoms. The van der Waals surface area contributed by atoms with Crippen LogP contribution in [-0.2, 0) is 11.0 Å². The van der Waals surface area contributed by atoms with Crippen molar-refractivity contribution in [2.24, 2.45) is 0 Å². The monoisotopic (exact) mass is 622 g/mol. The summed E-state index contributed by atoms with van der Waals surface area (Å²) in [7, 11) is -1.08. The number of ether oxygens (including phenoxy) is 1. The quantitative estimate of drug-likeness (QED) is 0.125. The molecule has 2 aromatic carbocycles. The van der Waals surface area contributed by atoms with E-state index >= 15 is 0 Å². The van der Waals surface area contributed by atoms with E-state index in [1.54, 1.807) is 25.7 Å². The number of methoxy groups -OCH3 is 1. The first-order valence-corrected chi connectivity index (χ1v) is 17.4. The Balaban J connectivity index is 1.42. The van der Waals surface area contributed by atoms with Crippen LogP contribution in [0.2, 0.25) is 5.04 Å². The van der Waals surface area contributed by atoms with Crippen LogP contribution in [0.25, 0.3) is 11.0 Å². The van der Waals surface area contributed by atoms with Crippen LogP contribution >= 0.6 is 0 Å². The van der Waals surface area contributed by atoms with Gasteiger partial charge in [0.2, 0.25) is 5.88 Å². The predicted molar refractivity (Wildman–Crippen MR) is 181 cm³/mol. The zero-order valence-electron chi connectivity index (χ0n) is 26.7. The first kappa shape index (κ1) is 32.0. The lowest BCUT2D eigenvalue weighted by Gasteiger charge is -2.43. The Kier molecular flexibility index (Phi) is 10.0. The molecule has 0 saturated carbocycles. The molecule has 0 unspecified atom stereocenters. The fourth-order valence-corrected chi connectivity index (χ4v) is 10.7. The van der Waals surface area contributed by atoms with Gasteiger partial charge < -0.3 is 14.5 Å². The Morgan fingerprint density at radius 1 is 0.956 bits per heavy atom. The van der Waals surface area contributed by atoms with Crippen LogP contribution in [0.15, 0.2) is 85.5 Å². The average molecular weight is 623 g/mol. The zero-order valence-corrected chi connectivity index (χ0v) is 27.7. The number of hydrogen-bond donors (Lipinski definition) is 1. The molecule has 0 aliphatic carbocycles. The fraction of sp³-hybridized carbons (Fsp3) is 0.343. The number of carbonyl (C=O) groups excluding carboxylic acids is 1. The largest absolute Gasteiger partial charge is 0.481 e. The molecule has 9 nitrogen and oxygen atoms in total. The molecular weight excluding hydrogens is 581 g/mol. The molecule has 1 N–H and O–H groups in total. The number of carbonyl (C=O) groups is 1. The second-order valence-electron chi connectivity index (χ2n) is 12.2. The van der Waals surface area contributed by atoms with Crippen molar-refractivity contribution in [3.63, 3.8) is 0 Å². The van der Waals surface area contributed by atoms with Crippen LogP contribution in [0.1, 0.15) is 62.9 Å². The molecule has 3 heterocycles. The molecule has 0 bridgehead atoms. The second kappa shape index (κ2) is 14.1. The standard InChI is InChI=1S/C35H42N6O3Si/c1-6-13-28(18-19-44-45(35(2,3)4,29-14-9-7-10-15-29)30-16-11-8-12-17-30)40-33-32-31(37-25-38-33)22-39-41(32)23-27-20-26(24-42)21-36-34(27)43-5/h7-12,14-17,20-22,24-25,28H,6,13,18-19,23H2,1-5H3,(H,37,38,40)/t28-/m0/s1. The third-order valence-corrected chi connectivity index (χ3v) is 13.2. The third-order valence-electron chi connectivity index (χ3n) is 8.20. The number of nitrogens with one attached hydrogen (secondary N) is 1. The Morgan fingerprint density at radius 2 is 1.64 bits per heavy atom. The summed E-state index contributed by atoms with van der Waals surface area (Å²) in [6.45, 7) is 10.0. The topological polar surface area (TPSA) is 104 Å². The summed E-state index contributed by atoms with van der Waals surface area (Å²) in [5.41, 5.74) is 2.72. The Bertz CT molecular complexity index is 1670. The number of aromatic nitrogens is 5. The molecule has 0 radical (unpaired) electrons. The predicted octanol–water partition coefficient (Wildman–Crippen LogP) is 5.64. The van der Waals surface area contributed by atoms with E-state index in [2.05, 4.69) is 114 Å². The molecular formula is C35H42N6O3Si. The first-order chi connectivity index (χ1) is 21.8. The molecule has 5 rings (SSSR count). The van der Waals surface area contributed by atoms with Crippen molar-refractivity contribution in [1.82, 2.24) is 24.7 Å². The number of aldehydes is 1. The van der Waals surface area contributed by atoms with Crippen molar-refractivity contribution >= 4 is 41.8 Å². The minimum atomic E-state index is -2.64. The van der Waals surface area contributed by atoms with Crippen LogP contribution in [0.5, 0.6) is 5.88 Å². The lowest BCUT2D eigenvalue weighted by molar-refractivity contribution is 0.112. The van der Waals surface area contributed by atoms with E-state index in [0.717, 1.165) is 42.1 Å². The van der Waals surface area contributed by atoms with Gasteiger partial charge in [-0.3, -0.25) is 9.48 Å². The van der Waals surface area contributed by atoms with Crippen LogP contribution in [0.4, 0.5) is 5.82 Å². The van der Waals surface area contributed by atoms with Gasteiger partial charge >= 0.3 is 0 Å². The SMILES string of the molecule is CCC[C@@H](CCO[Si](c1ccccc1)(c1ccccc1)C(C)(C)C)Nc1ncnc2cnn(Cc3cc(C=O)cnc3OC)c12. The summed E-state index contributed by atoms with van der Waals surface area (Å²) in [5.74, 6) is 1.15. The van der Waals surface area contributed by atoms with E-state index in [0.29, 0.717) is 30.4 Å². The highest BCUT2D eigenvalue weighted by atomic mass is 28.4. The minimum Gasteiger partial charge on any atom is -0.481 e. The van der Waals surface area contributed by atoms with Gasteiger partial charge in [-0.15, -0.1) is 0 Å². The Morgan fingerprint density at radius 3 is 2.24 bits per heavy atom. The van der Waals surface area contributed by atoms with Crippen molar-refractivity contribution < 1.29 is 14.0 Å². The minimum absolute atomic E-state index is 0.0915. The van der Waals surface area contributed by atoms with Gasteiger partial charge in [-0.25, -0.2) is 15.0 Å². The normalized spacial score (nSPS) is 12.6. The Labute approximate surface area is 266 Å². The molecule has 5 aromatic rings. The van der Waals surface area contributed by atoms with Gasteiger partial charge in [0.15, 0.2) is 12.1 Å². The van der Waals surface area contributed by atoms with E-state index in [9.17, 15) is 4.79 Å². The van der Waals surface area contributed by atoms with Crippen molar-refractivity contribution in [3.05, 3.63) is 96.6 Å². The van der Waals surface area contributed by atoms with Crippen molar-refractivity contribution in [1.29, 1.82) is 0 Å². The lowest BCUT2D eigenvalue weighted by atomic mass is 10.1. The van der Waals surface area contributed by atoms with Crippen LogP contribution < -0.4 is 20.4 Å². The van der Waals surface area contributed by atoms with Gasteiger partial charge in [0, 0.05) is 30.0 Å². The van der Waals surface area contributed by atoms with Gasteiger partial charge in [-0.05, 0) is 34.3 Å². The molecule has 0 fully saturated rings. The number of nitrogens with zero attached hydrogens (tertiary/aromatic N) is 5. The number of pyridine rings is 1. The molecule has 45 heavy (non-hydrogen) atoms. The van der Waals surface area contributed by atoms with Crippen molar-refractivity contribution in [2.45, 2.75) is 64.6 Å². The molecule has 0 saturated heterocycles. The second-order valence-corrected chi connectivity index (χ2v) is 16.5. The summed E-state index contributed by atoms with van der Waals surface area (Å²) in [6, 6.07) is 23.4. The van der Waals surface area contributed by atoms with Gasteiger partial charge in [0.25, 0.3) is 8.32 Å². The van der Waals surface area contributed by atoms with Crippen LogP contribution in [0.3, 0.4) is 0 Å². The van der Waals surface area contributed by atoms with E-state index < -0.39 is 8.32 Å². The fourth-order valence-electron chi connectivity index (χ4n) is 6.13. The van der Waals surface area contributed by atoms with E-state index in [1.807, 2.05) is 4.68 Å². The van der Waals surface area contributed by atoms with E-state index in [1.165, 1.54) is 16.6 Å². The molecule has 0 aliphatic heterocycles. The maximum Gasteiger partial charge on any atom is 0.261 e.